The number of rotatable bonds is 12. The van der Waals surface area contributed by atoms with Gasteiger partial charge in [0.25, 0.3) is 0 Å². The number of benzene rings is 1. The second-order valence-corrected chi connectivity index (χ2v) is 9.56. The number of carbonyl (C=O) groups is 4. The lowest BCUT2D eigenvalue weighted by Gasteiger charge is -2.40. The van der Waals surface area contributed by atoms with Gasteiger partial charge in [0, 0.05) is 32.6 Å². The van der Waals surface area contributed by atoms with Gasteiger partial charge in [0.15, 0.2) is 0 Å². The number of piperazine rings is 1. The molecule has 36 heavy (non-hydrogen) atoms. The van der Waals surface area contributed by atoms with E-state index < -0.39 is 6.09 Å². The van der Waals surface area contributed by atoms with Crippen molar-refractivity contribution in [2.75, 3.05) is 45.9 Å². The van der Waals surface area contributed by atoms with Gasteiger partial charge in [-0.1, -0.05) is 58.0 Å². The van der Waals surface area contributed by atoms with Crippen LogP contribution in [0.3, 0.4) is 0 Å². The summed E-state index contributed by atoms with van der Waals surface area (Å²) >= 11 is 0. The molecule has 0 spiro atoms. The van der Waals surface area contributed by atoms with Crippen molar-refractivity contribution in [1.82, 2.24) is 15.1 Å². The molecule has 1 aliphatic rings. The largest absolute Gasteiger partial charge is 0.464 e. The molecule has 2 rings (SSSR count). The molecule has 0 radical (unpaired) electrons. The standard InChI is InChI=1S/C26H39N3O7/c1-19(2)16-34-24(31)15-28-12-13-29(14-22(28)18-35-25(32)20(3)4)23(30)10-11-27-26(33)36-17-21-8-6-5-7-9-21/h5-9,19-20,22H,10-18H2,1-4H3,(H,27,33). The fourth-order valence-corrected chi connectivity index (χ4v) is 3.51. The van der Waals surface area contributed by atoms with Crippen LogP contribution in [0.1, 0.15) is 39.7 Å². The van der Waals surface area contributed by atoms with Gasteiger partial charge < -0.3 is 24.4 Å². The quantitative estimate of drug-likeness (QED) is 0.340. The summed E-state index contributed by atoms with van der Waals surface area (Å²) in [5, 5.41) is 2.60. The van der Waals surface area contributed by atoms with Gasteiger partial charge in [-0.25, -0.2) is 4.79 Å². The fraction of sp³-hybridized carbons (Fsp3) is 0.615. The highest BCUT2D eigenvalue weighted by atomic mass is 16.5. The van der Waals surface area contributed by atoms with E-state index in [4.69, 9.17) is 14.2 Å². The maximum absolute atomic E-state index is 12.8. The number of amides is 2. The van der Waals surface area contributed by atoms with Crippen molar-refractivity contribution in [2.45, 2.75) is 46.8 Å². The second-order valence-electron chi connectivity index (χ2n) is 9.56. The lowest BCUT2D eigenvalue weighted by Crippen LogP contribution is -2.58. The number of alkyl carbamates (subject to hydrolysis) is 1. The molecule has 1 aliphatic heterocycles. The SMILES string of the molecule is CC(C)COC(=O)CN1CCN(C(=O)CCNC(=O)OCc2ccccc2)CC1COC(=O)C(C)C. The van der Waals surface area contributed by atoms with Crippen LogP contribution in [0.2, 0.25) is 0 Å². The van der Waals surface area contributed by atoms with Crippen molar-refractivity contribution in [3.8, 4) is 0 Å². The Morgan fingerprint density at radius 2 is 1.72 bits per heavy atom. The second kappa shape index (κ2) is 15.1. The van der Waals surface area contributed by atoms with E-state index in [-0.39, 0.29) is 68.4 Å². The van der Waals surface area contributed by atoms with E-state index in [0.29, 0.717) is 26.2 Å². The van der Waals surface area contributed by atoms with Crippen LogP contribution >= 0.6 is 0 Å². The number of ether oxygens (including phenoxy) is 3. The third-order valence-corrected chi connectivity index (χ3v) is 5.58. The van der Waals surface area contributed by atoms with Crippen LogP contribution in [0.5, 0.6) is 0 Å². The first kappa shape index (κ1) is 29.1. The van der Waals surface area contributed by atoms with Crippen molar-refractivity contribution in [1.29, 1.82) is 0 Å². The highest BCUT2D eigenvalue weighted by Crippen LogP contribution is 2.13. The Labute approximate surface area is 213 Å². The Balaban J connectivity index is 1.83. The molecule has 1 fully saturated rings. The number of hydrogen-bond donors (Lipinski definition) is 1. The number of carbonyl (C=O) groups excluding carboxylic acids is 4. The van der Waals surface area contributed by atoms with Crippen LogP contribution in [0, 0.1) is 11.8 Å². The number of nitrogens with zero attached hydrogens (tertiary/aromatic N) is 2. The molecule has 2 amide bonds. The topological polar surface area (TPSA) is 114 Å². The maximum atomic E-state index is 12.8. The van der Waals surface area contributed by atoms with Gasteiger partial charge in [-0.2, -0.15) is 0 Å². The van der Waals surface area contributed by atoms with Gasteiger partial charge in [0.05, 0.1) is 25.1 Å². The van der Waals surface area contributed by atoms with Crippen LogP contribution in [-0.4, -0.2) is 85.7 Å². The Morgan fingerprint density at radius 3 is 2.39 bits per heavy atom. The summed E-state index contributed by atoms with van der Waals surface area (Å²) in [4.78, 5) is 52.5. The molecule has 0 aliphatic carbocycles. The van der Waals surface area contributed by atoms with Gasteiger partial charge >= 0.3 is 18.0 Å². The zero-order valence-corrected chi connectivity index (χ0v) is 21.7. The normalized spacial score (nSPS) is 16.1. The van der Waals surface area contributed by atoms with Crippen LogP contribution < -0.4 is 5.32 Å². The zero-order valence-electron chi connectivity index (χ0n) is 21.7. The summed E-state index contributed by atoms with van der Waals surface area (Å²) in [5.74, 6) is -0.861. The molecule has 0 aromatic heterocycles. The maximum Gasteiger partial charge on any atom is 0.407 e. The van der Waals surface area contributed by atoms with Gasteiger partial charge in [0.2, 0.25) is 5.91 Å². The molecule has 1 atom stereocenters. The van der Waals surface area contributed by atoms with Crippen LogP contribution in [0.25, 0.3) is 0 Å². The minimum absolute atomic E-state index is 0.0630. The van der Waals surface area contributed by atoms with E-state index in [0.717, 1.165) is 5.56 Å². The molecule has 1 aromatic rings. The average Bonchev–Trinajstić information content (AvgIpc) is 2.85. The molecule has 1 aromatic carbocycles. The smallest absolute Gasteiger partial charge is 0.407 e. The molecule has 1 N–H and O–H groups in total. The predicted molar refractivity (Wildman–Crippen MR) is 133 cm³/mol. The Kier molecular flexibility index (Phi) is 12.2. The van der Waals surface area contributed by atoms with E-state index >= 15 is 0 Å². The summed E-state index contributed by atoms with van der Waals surface area (Å²) < 4.78 is 15.9. The summed E-state index contributed by atoms with van der Waals surface area (Å²) in [5.41, 5.74) is 0.874. The predicted octanol–water partition coefficient (Wildman–Crippen LogP) is 2.21. The van der Waals surface area contributed by atoms with Crippen LogP contribution in [0.15, 0.2) is 30.3 Å². The molecule has 10 heteroatoms. The van der Waals surface area contributed by atoms with Crippen molar-refractivity contribution in [3.63, 3.8) is 0 Å². The van der Waals surface area contributed by atoms with E-state index in [2.05, 4.69) is 5.32 Å². The summed E-state index contributed by atoms with van der Waals surface area (Å²) in [6.45, 7) is 9.35. The first-order valence-electron chi connectivity index (χ1n) is 12.4. The monoisotopic (exact) mass is 505 g/mol. The van der Waals surface area contributed by atoms with Gasteiger partial charge in [-0.3, -0.25) is 19.3 Å². The lowest BCUT2D eigenvalue weighted by atomic mass is 10.1. The van der Waals surface area contributed by atoms with Crippen molar-refractivity contribution in [3.05, 3.63) is 35.9 Å². The molecule has 1 unspecified atom stereocenters. The average molecular weight is 506 g/mol. The number of hydrogen-bond acceptors (Lipinski definition) is 8. The van der Waals surface area contributed by atoms with E-state index in [9.17, 15) is 19.2 Å². The van der Waals surface area contributed by atoms with Crippen LogP contribution in [0.4, 0.5) is 4.79 Å². The highest BCUT2D eigenvalue weighted by Gasteiger charge is 2.32. The first-order chi connectivity index (χ1) is 17.2. The molecule has 0 bridgehead atoms. The molecule has 10 nitrogen and oxygen atoms in total. The van der Waals surface area contributed by atoms with Gasteiger partial charge in [-0.05, 0) is 11.5 Å². The highest BCUT2D eigenvalue weighted by molar-refractivity contribution is 5.77. The number of esters is 2. The zero-order chi connectivity index (χ0) is 26.5. The van der Waals surface area contributed by atoms with Gasteiger partial charge in [-0.15, -0.1) is 0 Å². The summed E-state index contributed by atoms with van der Waals surface area (Å²) in [6.07, 6.45) is -0.482. The third-order valence-electron chi connectivity index (χ3n) is 5.58. The Bertz CT molecular complexity index is 860. The van der Waals surface area contributed by atoms with E-state index in [1.54, 1.807) is 18.7 Å². The minimum Gasteiger partial charge on any atom is -0.464 e. The molecular weight excluding hydrogens is 466 g/mol. The Hall–Kier alpha value is -3.14. The number of nitrogens with one attached hydrogen (secondary N) is 1. The summed E-state index contributed by atoms with van der Waals surface area (Å²) in [7, 11) is 0. The summed E-state index contributed by atoms with van der Waals surface area (Å²) in [6, 6.07) is 8.99. The molecular formula is C26H39N3O7. The molecule has 0 saturated carbocycles. The Morgan fingerprint density at radius 1 is 1.00 bits per heavy atom. The van der Waals surface area contributed by atoms with Crippen molar-refractivity contribution in [2.24, 2.45) is 11.8 Å². The minimum atomic E-state index is -0.588. The molecule has 1 heterocycles. The fourth-order valence-electron chi connectivity index (χ4n) is 3.51. The van der Waals surface area contributed by atoms with Gasteiger partial charge in [0.1, 0.15) is 13.2 Å². The van der Waals surface area contributed by atoms with Crippen molar-refractivity contribution >= 4 is 23.9 Å². The van der Waals surface area contributed by atoms with Crippen LogP contribution in [-0.2, 0) is 35.2 Å². The third kappa shape index (κ3) is 10.6. The lowest BCUT2D eigenvalue weighted by molar-refractivity contribution is -0.153. The van der Waals surface area contributed by atoms with E-state index in [1.807, 2.05) is 49.1 Å². The molecule has 200 valence electrons. The molecule has 1 saturated heterocycles. The van der Waals surface area contributed by atoms with E-state index in [1.165, 1.54) is 0 Å². The van der Waals surface area contributed by atoms with Crippen molar-refractivity contribution < 1.29 is 33.4 Å². The first-order valence-corrected chi connectivity index (χ1v) is 12.4.